The van der Waals surface area contributed by atoms with Crippen LogP contribution in [0.25, 0.3) is 11.3 Å². The molecule has 1 aliphatic rings. The molecule has 36 heavy (non-hydrogen) atoms. The zero-order valence-electron chi connectivity index (χ0n) is 19.9. The summed E-state index contributed by atoms with van der Waals surface area (Å²) in [5.74, 6) is 0.921. The van der Waals surface area contributed by atoms with Crippen molar-refractivity contribution in [2.45, 2.75) is 25.8 Å². The van der Waals surface area contributed by atoms with Crippen molar-refractivity contribution in [3.05, 3.63) is 84.4 Å². The molecule has 3 aromatic heterocycles. The van der Waals surface area contributed by atoms with Gasteiger partial charge in [0.25, 0.3) is 5.91 Å². The van der Waals surface area contributed by atoms with Crippen LogP contribution in [0.4, 0.5) is 23.1 Å². The number of anilines is 4. The lowest BCUT2D eigenvalue weighted by molar-refractivity contribution is 0.102. The summed E-state index contributed by atoms with van der Waals surface area (Å²) in [5, 5.41) is 15.9. The normalized spacial score (nSPS) is 15.1. The van der Waals surface area contributed by atoms with Crippen LogP contribution in [0.2, 0.25) is 0 Å². The van der Waals surface area contributed by atoms with Crippen molar-refractivity contribution < 1.29 is 9.90 Å². The third kappa shape index (κ3) is 5.16. The van der Waals surface area contributed by atoms with Gasteiger partial charge in [-0.05, 0) is 67.8 Å². The molecule has 1 aliphatic heterocycles. The van der Waals surface area contributed by atoms with Gasteiger partial charge < -0.3 is 20.6 Å². The van der Waals surface area contributed by atoms with Gasteiger partial charge in [-0.3, -0.25) is 9.78 Å². The van der Waals surface area contributed by atoms with Crippen LogP contribution >= 0.6 is 0 Å². The number of hydrogen-bond donors (Lipinski definition) is 3. The monoisotopic (exact) mass is 481 g/mol. The average molecular weight is 482 g/mol. The third-order valence-electron chi connectivity index (χ3n) is 6.24. The van der Waals surface area contributed by atoms with Crippen LogP contribution in [0.5, 0.6) is 0 Å². The highest BCUT2D eigenvalue weighted by molar-refractivity contribution is 6.05. The predicted octanol–water partition coefficient (Wildman–Crippen LogP) is 4.20. The van der Waals surface area contributed by atoms with E-state index in [4.69, 9.17) is 0 Å². The zero-order chi connectivity index (χ0) is 24.9. The fourth-order valence-corrected chi connectivity index (χ4v) is 4.30. The summed E-state index contributed by atoms with van der Waals surface area (Å²) >= 11 is 0. The van der Waals surface area contributed by atoms with Crippen LogP contribution in [0.1, 0.15) is 28.8 Å². The summed E-state index contributed by atoms with van der Waals surface area (Å²) in [6.07, 6.45) is 8.72. The number of rotatable bonds is 7. The lowest BCUT2D eigenvalue weighted by Crippen LogP contribution is -2.32. The van der Waals surface area contributed by atoms with E-state index in [2.05, 4.69) is 35.5 Å². The molecule has 0 saturated carbocycles. The predicted molar refractivity (Wildman–Crippen MR) is 139 cm³/mol. The molecule has 1 atom stereocenters. The molecule has 0 aliphatic carbocycles. The van der Waals surface area contributed by atoms with Gasteiger partial charge in [0.2, 0.25) is 5.95 Å². The van der Waals surface area contributed by atoms with E-state index in [0.717, 1.165) is 41.9 Å². The van der Waals surface area contributed by atoms with E-state index in [1.54, 1.807) is 36.9 Å². The Labute approximate surface area is 209 Å². The summed E-state index contributed by atoms with van der Waals surface area (Å²) in [7, 11) is 0. The summed E-state index contributed by atoms with van der Waals surface area (Å²) in [4.78, 5) is 32.6. The number of aryl methyl sites for hydroxylation is 1. The average Bonchev–Trinajstić information content (AvgIpc) is 3.40. The topological polar surface area (TPSA) is 116 Å². The lowest BCUT2D eigenvalue weighted by atomic mass is 10.1. The lowest BCUT2D eigenvalue weighted by Gasteiger charge is -2.24. The molecular formula is C27H27N7O2. The minimum atomic E-state index is -0.233. The molecular weight excluding hydrogens is 454 g/mol. The maximum atomic E-state index is 13.0. The molecule has 5 rings (SSSR count). The summed E-state index contributed by atoms with van der Waals surface area (Å²) < 4.78 is 0. The third-order valence-corrected chi connectivity index (χ3v) is 6.24. The molecule has 3 N–H and O–H groups in total. The summed E-state index contributed by atoms with van der Waals surface area (Å²) in [6.45, 7) is 2.87. The molecule has 9 nitrogen and oxygen atoms in total. The Morgan fingerprint density at radius 1 is 1.11 bits per heavy atom. The van der Waals surface area contributed by atoms with Gasteiger partial charge in [-0.25, -0.2) is 15.0 Å². The maximum absolute atomic E-state index is 13.0. The fraction of sp³-hybridized carbons (Fsp3) is 0.222. The van der Waals surface area contributed by atoms with Gasteiger partial charge in [0.05, 0.1) is 18.3 Å². The van der Waals surface area contributed by atoms with Crippen molar-refractivity contribution >= 4 is 29.0 Å². The summed E-state index contributed by atoms with van der Waals surface area (Å²) in [6, 6.07) is 14.8. The standard InChI is InChI=1S/C27H27N7O2/c1-18-6-7-21(15-24(18)33-27-30-12-9-23(32-27)20-4-2-10-28-16-20)31-26(36)19-8-11-29-25(14-19)34-13-3-5-22(34)17-35/h2,4,6-12,14-16,22,35H,3,5,13,17H2,1H3,(H,31,36)(H,30,32,33)/t22-/m0/s1. The van der Waals surface area contributed by atoms with Crippen LogP contribution in [0, 0.1) is 6.92 Å². The van der Waals surface area contributed by atoms with Gasteiger partial charge >= 0.3 is 0 Å². The van der Waals surface area contributed by atoms with E-state index in [0.29, 0.717) is 23.0 Å². The Balaban J connectivity index is 1.32. The van der Waals surface area contributed by atoms with E-state index in [1.165, 1.54) is 0 Å². The summed E-state index contributed by atoms with van der Waals surface area (Å²) in [5.41, 5.74) is 4.58. The molecule has 1 aromatic carbocycles. The second kappa shape index (κ2) is 10.5. The molecule has 1 amide bonds. The SMILES string of the molecule is Cc1ccc(NC(=O)c2ccnc(N3CCC[C@H]3CO)c2)cc1Nc1nccc(-c2cccnc2)n1. The Morgan fingerprint density at radius 3 is 2.83 bits per heavy atom. The van der Waals surface area contributed by atoms with Crippen molar-refractivity contribution in [2.75, 3.05) is 28.7 Å². The van der Waals surface area contributed by atoms with E-state index < -0.39 is 0 Å². The molecule has 0 bridgehead atoms. The number of carbonyl (C=O) groups is 1. The van der Waals surface area contributed by atoms with Crippen LogP contribution in [0.3, 0.4) is 0 Å². The number of amides is 1. The number of aliphatic hydroxyl groups is 1. The molecule has 9 heteroatoms. The first-order valence-corrected chi connectivity index (χ1v) is 11.9. The highest BCUT2D eigenvalue weighted by Crippen LogP contribution is 2.26. The largest absolute Gasteiger partial charge is 0.394 e. The number of carbonyl (C=O) groups excluding carboxylic acids is 1. The van der Waals surface area contributed by atoms with Crippen LogP contribution in [0.15, 0.2) is 73.3 Å². The van der Waals surface area contributed by atoms with Crippen LogP contribution < -0.4 is 15.5 Å². The van der Waals surface area contributed by atoms with E-state index in [1.807, 2.05) is 43.3 Å². The van der Waals surface area contributed by atoms with Crippen molar-refractivity contribution in [2.24, 2.45) is 0 Å². The van der Waals surface area contributed by atoms with Crippen LogP contribution in [-0.2, 0) is 0 Å². The second-order valence-corrected chi connectivity index (χ2v) is 8.69. The van der Waals surface area contributed by atoms with Gasteiger partial charge in [0.1, 0.15) is 5.82 Å². The second-order valence-electron chi connectivity index (χ2n) is 8.69. The fourth-order valence-electron chi connectivity index (χ4n) is 4.30. The van der Waals surface area contributed by atoms with E-state index in [9.17, 15) is 9.90 Å². The molecule has 1 fully saturated rings. The molecule has 1 saturated heterocycles. The van der Waals surface area contributed by atoms with E-state index in [-0.39, 0.29) is 18.6 Å². The molecule has 0 radical (unpaired) electrons. The molecule has 0 spiro atoms. The number of aromatic nitrogens is 4. The number of hydrogen-bond acceptors (Lipinski definition) is 8. The molecule has 4 heterocycles. The van der Waals surface area contributed by atoms with Gasteiger partial charge in [0.15, 0.2) is 0 Å². The number of nitrogens with one attached hydrogen (secondary N) is 2. The number of pyridine rings is 2. The van der Waals surface area contributed by atoms with Crippen LogP contribution in [-0.4, -0.2) is 50.1 Å². The highest BCUT2D eigenvalue weighted by Gasteiger charge is 2.25. The van der Waals surface area contributed by atoms with Gasteiger partial charge in [-0.2, -0.15) is 0 Å². The Kier molecular flexibility index (Phi) is 6.81. The van der Waals surface area contributed by atoms with Crippen molar-refractivity contribution in [1.29, 1.82) is 0 Å². The molecule has 0 unspecified atom stereocenters. The number of aliphatic hydroxyl groups excluding tert-OH is 1. The Hall–Kier alpha value is -4.37. The Bertz CT molecular complexity index is 1360. The first kappa shape index (κ1) is 23.4. The smallest absolute Gasteiger partial charge is 0.255 e. The minimum absolute atomic E-state index is 0.0421. The maximum Gasteiger partial charge on any atom is 0.255 e. The number of benzene rings is 1. The van der Waals surface area contributed by atoms with Gasteiger partial charge in [-0.1, -0.05) is 6.07 Å². The van der Waals surface area contributed by atoms with Gasteiger partial charge in [-0.15, -0.1) is 0 Å². The van der Waals surface area contributed by atoms with Gasteiger partial charge in [0, 0.05) is 53.8 Å². The minimum Gasteiger partial charge on any atom is -0.394 e. The Morgan fingerprint density at radius 2 is 2.00 bits per heavy atom. The quantitative estimate of drug-likeness (QED) is 0.360. The first-order valence-electron chi connectivity index (χ1n) is 11.9. The van der Waals surface area contributed by atoms with Crippen molar-refractivity contribution in [3.63, 3.8) is 0 Å². The number of nitrogens with zero attached hydrogens (tertiary/aromatic N) is 5. The van der Waals surface area contributed by atoms with E-state index >= 15 is 0 Å². The zero-order valence-corrected chi connectivity index (χ0v) is 19.9. The molecule has 182 valence electrons. The molecule has 4 aromatic rings. The van der Waals surface area contributed by atoms with Crippen molar-refractivity contribution in [3.8, 4) is 11.3 Å². The first-order chi connectivity index (χ1) is 17.6. The van der Waals surface area contributed by atoms with Crippen molar-refractivity contribution in [1.82, 2.24) is 19.9 Å². The highest BCUT2D eigenvalue weighted by atomic mass is 16.3.